The molecule has 1 atom stereocenters. The number of hydrogen-bond donors (Lipinski definition) is 2. The minimum atomic E-state index is -0.280. The Labute approximate surface area is 139 Å². The van der Waals surface area contributed by atoms with Crippen molar-refractivity contribution in [1.82, 2.24) is 25.1 Å². The largest absolute Gasteiger partial charge is 0.331 e. The number of hydrogen-bond acceptors (Lipinski definition) is 4. The third-order valence-electron chi connectivity index (χ3n) is 3.51. The van der Waals surface area contributed by atoms with Crippen molar-refractivity contribution in [2.45, 2.75) is 13.0 Å². The van der Waals surface area contributed by atoms with Gasteiger partial charge in [-0.25, -0.2) is 9.78 Å². The number of nitrogens with one attached hydrogen (secondary N) is 2. The number of rotatable bonds is 4. The van der Waals surface area contributed by atoms with E-state index in [2.05, 4.69) is 25.7 Å². The molecular formula is C17H18N6O. The first-order valence-electron chi connectivity index (χ1n) is 7.55. The van der Waals surface area contributed by atoms with Gasteiger partial charge in [0, 0.05) is 30.7 Å². The Balaban J connectivity index is 1.66. The van der Waals surface area contributed by atoms with Crippen molar-refractivity contribution in [1.29, 1.82) is 0 Å². The zero-order valence-electron chi connectivity index (χ0n) is 13.5. The van der Waals surface area contributed by atoms with Crippen LogP contribution in [0.3, 0.4) is 0 Å². The predicted octanol–water partition coefficient (Wildman–Crippen LogP) is 2.76. The van der Waals surface area contributed by atoms with E-state index in [0.29, 0.717) is 11.5 Å². The van der Waals surface area contributed by atoms with Gasteiger partial charge in [0.15, 0.2) is 5.82 Å². The van der Waals surface area contributed by atoms with Crippen LogP contribution in [0.2, 0.25) is 0 Å². The summed E-state index contributed by atoms with van der Waals surface area (Å²) >= 11 is 0. The van der Waals surface area contributed by atoms with Gasteiger partial charge < -0.3 is 10.6 Å². The molecule has 7 nitrogen and oxygen atoms in total. The van der Waals surface area contributed by atoms with Gasteiger partial charge in [0.1, 0.15) is 6.33 Å². The van der Waals surface area contributed by atoms with Gasteiger partial charge in [-0.05, 0) is 30.7 Å². The predicted molar refractivity (Wildman–Crippen MR) is 91.2 cm³/mol. The number of urea groups is 1. The summed E-state index contributed by atoms with van der Waals surface area (Å²) in [4.78, 5) is 20.4. The highest BCUT2D eigenvalue weighted by atomic mass is 16.2. The average Bonchev–Trinajstić information content (AvgIpc) is 3.02. The van der Waals surface area contributed by atoms with Crippen LogP contribution in [0.1, 0.15) is 18.5 Å². The Bertz CT molecular complexity index is 830. The molecule has 0 aliphatic carbocycles. The monoisotopic (exact) mass is 322 g/mol. The van der Waals surface area contributed by atoms with Gasteiger partial charge in [0.25, 0.3) is 0 Å². The summed E-state index contributed by atoms with van der Waals surface area (Å²) in [5.41, 5.74) is 2.46. The maximum absolute atomic E-state index is 12.2. The van der Waals surface area contributed by atoms with Crippen LogP contribution >= 0.6 is 0 Å². The zero-order chi connectivity index (χ0) is 16.9. The number of benzene rings is 1. The van der Waals surface area contributed by atoms with Crippen LogP contribution in [0.15, 0.2) is 55.1 Å². The third-order valence-corrected chi connectivity index (χ3v) is 3.51. The Morgan fingerprint density at radius 1 is 1.25 bits per heavy atom. The Morgan fingerprint density at radius 2 is 2.12 bits per heavy atom. The van der Waals surface area contributed by atoms with Gasteiger partial charge in [-0.15, -0.1) is 0 Å². The number of pyridine rings is 1. The zero-order valence-corrected chi connectivity index (χ0v) is 13.5. The summed E-state index contributed by atoms with van der Waals surface area (Å²) in [7, 11) is 1.81. The lowest BCUT2D eigenvalue weighted by atomic mass is 10.1. The Hall–Kier alpha value is -3.22. The molecule has 0 spiro atoms. The summed E-state index contributed by atoms with van der Waals surface area (Å²) in [6.07, 6.45) is 5.07. The third kappa shape index (κ3) is 3.75. The first-order valence-corrected chi connectivity index (χ1v) is 7.55. The SMILES string of the molecule is C[C@H](NC(=O)Nc1cccc(-c2ncn(C)n2)c1)c1cccnc1. The topological polar surface area (TPSA) is 84.7 Å². The maximum Gasteiger partial charge on any atom is 0.319 e. The van der Waals surface area contributed by atoms with Gasteiger partial charge in [0.05, 0.1) is 6.04 Å². The van der Waals surface area contributed by atoms with E-state index in [0.717, 1.165) is 11.1 Å². The number of carbonyl (C=O) groups is 1. The molecule has 0 saturated carbocycles. The molecule has 2 heterocycles. The Morgan fingerprint density at radius 3 is 2.83 bits per heavy atom. The lowest BCUT2D eigenvalue weighted by Crippen LogP contribution is -2.31. The van der Waals surface area contributed by atoms with E-state index in [-0.39, 0.29) is 12.1 Å². The van der Waals surface area contributed by atoms with Gasteiger partial charge in [-0.2, -0.15) is 5.10 Å². The van der Waals surface area contributed by atoms with Gasteiger partial charge in [-0.3, -0.25) is 9.67 Å². The second kappa shape index (κ2) is 6.91. The van der Waals surface area contributed by atoms with Gasteiger partial charge >= 0.3 is 6.03 Å². The molecule has 0 fully saturated rings. The smallest absolute Gasteiger partial charge is 0.319 e. The first-order chi connectivity index (χ1) is 11.6. The summed E-state index contributed by atoms with van der Waals surface area (Å²) < 4.78 is 1.64. The van der Waals surface area contributed by atoms with E-state index in [9.17, 15) is 4.79 Å². The van der Waals surface area contributed by atoms with Crippen molar-refractivity contribution in [2.24, 2.45) is 7.05 Å². The molecule has 0 aliphatic heterocycles. The molecule has 3 rings (SSSR count). The van der Waals surface area contributed by atoms with E-state index in [1.54, 1.807) is 23.4 Å². The molecule has 2 N–H and O–H groups in total. The average molecular weight is 322 g/mol. The van der Waals surface area contributed by atoms with Gasteiger partial charge in [0.2, 0.25) is 0 Å². The first kappa shape index (κ1) is 15.7. The molecule has 2 aromatic heterocycles. The quantitative estimate of drug-likeness (QED) is 0.773. The molecule has 24 heavy (non-hydrogen) atoms. The van der Waals surface area contributed by atoms with Crippen LogP contribution in [-0.4, -0.2) is 25.8 Å². The summed E-state index contributed by atoms with van der Waals surface area (Å²) in [5, 5.41) is 9.97. The molecule has 0 aliphatic rings. The minimum absolute atomic E-state index is 0.140. The lowest BCUT2D eigenvalue weighted by molar-refractivity contribution is 0.249. The van der Waals surface area contributed by atoms with Crippen LogP contribution in [0, 0.1) is 0 Å². The number of anilines is 1. The van der Waals surface area contributed by atoms with Crippen LogP contribution in [0.4, 0.5) is 10.5 Å². The summed E-state index contributed by atoms with van der Waals surface area (Å²) in [6, 6.07) is 10.8. The van der Waals surface area contributed by atoms with Crippen LogP contribution < -0.4 is 10.6 Å². The van der Waals surface area contributed by atoms with Crippen molar-refractivity contribution in [3.8, 4) is 11.4 Å². The molecule has 7 heteroatoms. The number of amides is 2. The molecule has 0 bridgehead atoms. The molecule has 2 amide bonds. The lowest BCUT2D eigenvalue weighted by Gasteiger charge is -2.14. The summed E-state index contributed by atoms with van der Waals surface area (Å²) in [5.74, 6) is 0.616. The van der Waals surface area contributed by atoms with E-state index < -0.39 is 0 Å². The van der Waals surface area contributed by atoms with Crippen molar-refractivity contribution in [3.63, 3.8) is 0 Å². The van der Waals surface area contributed by atoms with E-state index >= 15 is 0 Å². The van der Waals surface area contributed by atoms with Crippen molar-refractivity contribution in [3.05, 3.63) is 60.7 Å². The second-order valence-corrected chi connectivity index (χ2v) is 5.43. The van der Waals surface area contributed by atoms with Crippen LogP contribution in [-0.2, 0) is 7.05 Å². The van der Waals surface area contributed by atoms with Crippen LogP contribution in [0.25, 0.3) is 11.4 Å². The minimum Gasteiger partial charge on any atom is -0.331 e. The molecule has 1 aromatic carbocycles. The Kier molecular flexibility index (Phi) is 4.51. The van der Waals surface area contributed by atoms with E-state index in [4.69, 9.17) is 0 Å². The molecule has 122 valence electrons. The molecule has 0 unspecified atom stereocenters. The summed E-state index contributed by atoms with van der Waals surface area (Å²) in [6.45, 7) is 1.91. The number of aryl methyl sites for hydroxylation is 1. The number of nitrogens with zero attached hydrogens (tertiary/aromatic N) is 4. The standard InChI is InChI=1S/C17H18N6O/c1-12(14-6-4-8-18-10-14)20-17(24)21-15-7-3-5-13(9-15)16-19-11-23(2)22-16/h3-12H,1-2H3,(H2,20,21,24)/t12-/m0/s1. The normalized spacial score (nSPS) is 11.8. The van der Waals surface area contributed by atoms with Crippen molar-refractivity contribution in [2.75, 3.05) is 5.32 Å². The van der Waals surface area contributed by atoms with Gasteiger partial charge in [-0.1, -0.05) is 18.2 Å². The number of aromatic nitrogens is 4. The fourth-order valence-electron chi connectivity index (χ4n) is 2.29. The molecule has 3 aromatic rings. The second-order valence-electron chi connectivity index (χ2n) is 5.43. The highest BCUT2D eigenvalue weighted by Crippen LogP contribution is 2.19. The molecular weight excluding hydrogens is 304 g/mol. The van der Waals surface area contributed by atoms with Crippen LogP contribution in [0.5, 0.6) is 0 Å². The highest BCUT2D eigenvalue weighted by Gasteiger charge is 2.10. The molecule has 0 saturated heterocycles. The highest BCUT2D eigenvalue weighted by molar-refractivity contribution is 5.90. The molecule has 0 radical (unpaired) electrons. The fourth-order valence-corrected chi connectivity index (χ4v) is 2.29. The van der Waals surface area contributed by atoms with Crippen molar-refractivity contribution >= 4 is 11.7 Å². The van der Waals surface area contributed by atoms with E-state index in [1.165, 1.54) is 0 Å². The van der Waals surface area contributed by atoms with Crippen molar-refractivity contribution < 1.29 is 4.79 Å². The fraction of sp³-hybridized carbons (Fsp3) is 0.176. The number of carbonyl (C=O) groups excluding carboxylic acids is 1. The van der Waals surface area contributed by atoms with E-state index in [1.807, 2.05) is 50.4 Å². The maximum atomic E-state index is 12.2.